The average Bonchev–Trinajstić information content (AvgIpc) is 2.87. The minimum absolute atomic E-state index is 0.0233. The molecule has 0 bridgehead atoms. The Labute approximate surface area is 144 Å². The summed E-state index contributed by atoms with van der Waals surface area (Å²) in [5, 5.41) is 3.26. The fourth-order valence-corrected chi connectivity index (χ4v) is 3.86. The van der Waals surface area contributed by atoms with Gasteiger partial charge in [-0.2, -0.15) is 13.2 Å². The summed E-state index contributed by atoms with van der Waals surface area (Å²) in [5.41, 5.74) is 6.49. The molecule has 0 spiro atoms. The number of thiophene rings is 1. The maximum atomic E-state index is 12.7. The Morgan fingerprint density at radius 2 is 2.04 bits per heavy atom. The van der Waals surface area contributed by atoms with E-state index >= 15 is 0 Å². The topological polar surface area (TPSA) is 64.7 Å². The molecule has 3 aromatic rings. The van der Waals surface area contributed by atoms with Crippen LogP contribution in [0.5, 0.6) is 0 Å². The summed E-state index contributed by atoms with van der Waals surface area (Å²) in [6, 6.07) is 2.75. The van der Waals surface area contributed by atoms with E-state index in [9.17, 15) is 13.2 Å². The van der Waals surface area contributed by atoms with Crippen LogP contribution in [0.4, 0.5) is 19.0 Å². The van der Waals surface area contributed by atoms with Crippen molar-refractivity contribution in [1.82, 2.24) is 15.0 Å². The summed E-state index contributed by atoms with van der Waals surface area (Å²) in [6.07, 6.45) is -2.10. The second kappa shape index (κ2) is 6.56. The van der Waals surface area contributed by atoms with Crippen molar-refractivity contribution in [3.63, 3.8) is 0 Å². The minimum Gasteiger partial charge on any atom is -0.384 e. The molecule has 0 aliphatic rings. The van der Waals surface area contributed by atoms with Crippen LogP contribution < -0.4 is 5.73 Å². The maximum absolute atomic E-state index is 12.7. The highest BCUT2D eigenvalue weighted by molar-refractivity contribution is 7.99. The number of nitrogens with two attached hydrogens (primary N) is 1. The van der Waals surface area contributed by atoms with Crippen LogP contribution >= 0.6 is 23.1 Å². The monoisotopic (exact) mass is 370 g/mol. The lowest BCUT2D eigenvalue weighted by Gasteiger charge is -2.08. The van der Waals surface area contributed by atoms with Gasteiger partial charge in [0.05, 0.1) is 4.70 Å². The number of anilines is 1. The molecule has 9 heteroatoms. The molecule has 0 unspecified atom stereocenters. The second-order valence-electron chi connectivity index (χ2n) is 5.15. The Kier molecular flexibility index (Phi) is 4.64. The molecular formula is C15H13F3N4S2. The summed E-state index contributed by atoms with van der Waals surface area (Å²) in [5.74, 6) is 0.330. The molecule has 4 nitrogen and oxygen atoms in total. The van der Waals surface area contributed by atoms with Gasteiger partial charge in [-0.25, -0.2) is 9.97 Å². The number of thioether (sulfide) groups is 1. The summed E-state index contributed by atoms with van der Waals surface area (Å²) in [7, 11) is 0. The van der Waals surface area contributed by atoms with Gasteiger partial charge >= 0.3 is 6.18 Å². The Morgan fingerprint density at radius 3 is 2.79 bits per heavy atom. The fourth-order valence-electron chi connectivity index (χ4n) is 2.14. The van der Waals surface area contributed by atoms with Crippen LogP contribution in [0.3, 0.4) is 0 Å². The number of halogens is 3. The molecule has 0 aliphatic heterocycles. The zero-order valence-electron chi connectivity index (χ0n) is 12.6. The first-order valence-electron chi connectivity index (χ1n) is 7.00. The number of aromatic nitrogens is 3. The van der Waals surface area contributed by atoms with Crippen molar-refractivity contribution in [1.29, 1.82) is 0 Å². The van der Waals surface area contributed by atoms with Crippen LogP contribution in [-0.2, 0) is 12.6 Å². The summed E-state index contributed by atoms with van der Waals surface area (Å²) >= 11 is 2.77. The predicted octanol–water partition coefficient (Wildman–Crippen LogP) is 4.33. The van der Waals surface area contributed by atoms with Gasteiger partial charge in [-0.3, -0.25) is 4.98 Å². The normalized spacial score (nSPS) is 12.0. The zero-order chi connectivity index (χ0) is 17.3. The third kappa shape index (κ3) is 3.78. The van der Waals surface area contributed by atoms with E-state index in [1.54, 1.807) is 11.3 Å². The molecule has 0 aliphatic carbocycles. The number of nitrogens with zero attached hydrogens (tertiary/aromatic N) is 3. The first-order valence-corrected chi connectivity index (χ1v) is 8.87. The highest BCUT2D eigenvalue weighted by atomic mass is 32.2. The largest absolute Gasteiger partial charge is 0.433 e. The Morgan fingerprint density at radius 1 is 1.25 bits per heavy atom. The van der Waals surface area contributed by atoms with E-state index in [4.69, 9.17) is 5.73 Å². The van der Waals surface area contributed by atoms with Crippen molar-refractivity contribution >= 4 is 39.0 Å². The molecule has 0 radical (unpaired) electrons. The molecule has 3 rings (SSSR count). The number of fused-ring (bicyclic) bond motifs is 1. The number of hydrogen-bond acceptors (Lipinski definition) is 6. The smallest absolute Gasteiger partial charge is 0.384 e. The molecule has 126 valence electrons. The van der Waals surface area contributed by atoms with Crippen molar-refractivity contribution < 1.29 is 13.2 Å². The molecule has 0 saturated heterocycles. The van der Waals surface area contributed by atoms with Gasteiger partial charge in [0, 0.05) is 23.7 Å². The lowest BCUT2D eigenvalue weighted by molar-refractivity contribution is -0.141. The number of aryl methyl sites for hydroxylation is 2. The SMILES string of the molecule is Cc1csc2cnc(CCSc3nc(N)cc(C(F)(F)F)n3)cc12. The lowest BCUT2D eigenvalue weighted by Crippen LogP contribution is -2.11. The summed E-state index contributed by atoms with van der Waals surface area (Å²) in [4.78, 5) is 11.7. The average molecular weight is 370 g/mol. The molecule has 2 N–H and O–H groups in total. The van der Waals surface area contributed by atoms with Gasteiger partial charge in [-0.1, -0.05) is 11.8 Å². The van der Waals surface area contributed by atoms with Crippen LogP contribution in [-0.4, -0.2) is 20.7 Å². The van der Waals surface area contributed by atoms with E-state index in [-0.39, 0.29) is 11.0 Å². The zero-order valence-corrected chi connectivity index (χ0v) is 14.2. The van der Waals surface area contributed by atoms with Gasteiger partial charge in [0.2, 0.25) is 0 Å². The Bertz CT molecular complexity index is 877. The van der Waals surface area contributed by atoms with E-state index in [0.29, 0.717) is 12.2 Å². The molecule has 0 saturated carbocycles. The summed E-state index contributed by atoms with van der Waals surface area (Å²) < 4.78 is 39.3. The predicted molar refractivity (Wildman–Crippen MR) is 90.2 cm³/mol. The van der Waals surface area contributed by atoms with E-state index in [2.05, 4.69) is 20.3 Å². The van der Waals surface area contributed by atoms with Crippen LogP contribution in [0.2, 0.25) is 0 Å². The molecule has 0 fully saturated rings. The van der Waals surface area contributed by atoms with Crippen molar-refractivity contribution in [3.05, 3.63) is 40.7 Å². The maximum Gasteiger partial charge on any atom is 0.433 e. The number of hydrogen-bond donors (Lipinski definition) is 1. The van der Waals surface area contributed by atoms with E-state index < -0.39 is 11.9 Å². The van der Waals surface area contributed by atoms with Crippen LogP contribution in [0.15, 0.2) is 28.9 Å². The van der Waals surface area contributed by atoms with Gasteiger partial charge in [-0.05, 0) is 35.7 Å². The number of nitrogen functional groups attached to an aromatic ring is 1. The number of rotatable bonds is 4. The van der Waals surface area contributed by atoms with Gasteiger partial charge in [0.25, 0.3) is 0 Å². The first-order chi connectivity index (χ1) is 11.3. The molecule has 0 amide bonds. The Balaban J connectivity index is 1.69. The highest BCUT2D eigenvalue weighted by Crippen LogP contribution is 2.30. The number of pyridine rings is 1. The van der Waals surface area contributed by atoms with Crippen LogP contribution in [0.1, 0.15) is 17.0 Å². The lowest BCUT2D eigenvalue weighted by atomic mass is 10.2. The van der Waals surface area contributed by atoms with Crippen molar-refractivity contribution in [3.8, 4) is 0 Å². The van der Waals surface area contributed by atoms with Gasteiger partial charge in [-0.15, -0.1) is 11.3 Å². The molecule has 3 aromatic heterocycles. The quantitative estimate of drug-likeness (QED) is 0.547. The third-order valence-corrected chi connectivity index (χ3v) is 5.22. The van der Waals surface area contributed by atoms with Gasteiger partial charge in [0.1, 0.15) is 5.82 Å². The Hall–Kier alpha value is -1.87. The number of alkyl halides is 3. The minimum atomic E-state index is -4.53. The van der Waals surface area contributed by atoms with Crippen molar-refractivity contribution in [2.45, 2.75) is 24.7 Å². The van der Waals surface area contributed by atoms with Crippen molar-refractivity contribution in [2.24, 2.45) is 0 Å². The van der Waals surface area contributed by atoms with E-state index in [0.717, 1.165) is 33.6 Å². The summed E-state index contributed by atoms with van der Waals surface area (Å²) in [6.45, 7) is 2.04. The van der Waals surface area contributed by atoms with Gasteiger partial charge in [0.15, 0.2) is 10.9 Å². The highest BCUT2D eigenvalue weighted by Gasteiger charge is 2.33. The second-order valence-corrected chi connectivity index (χ2v) is 7.12. The van der Waals surface area contributed by atoms with Crippen LogP contribution in [0.25, 0.3) is 10.1 Å². The molecule has 3 heterocycles. The van der Waals surface area contributed by atoms with E-state index in [1.165, 1.54) is 5.56 Å². The van der Waals surface area contributed by atoms with Crippen LogP contribution in [0, 0.1) is 6.92 Å². The van der Waals surface area contributed by atoms with Crippen molar-refractivity contribution in [2.75, 3.05) is 11.5 Å². The molecule has 24 heavy (non-hydrogen) atoms. The fraction of sp³-hybridized carbons (Fsp3) is 0.267. The standard InChI is InChI=1S/C15H13F3N4S2/c1-8-7-24-11-6-20-9(4-10(8)11)2-3-23-14-21-12(15(16,17)18)5-13(19)22-14/h4-7H,2-3H2,1H3,(H2,19,21,22). The third-order valence-electron chi connectivity index (χ3n) is 3.32. The molecule has 0 atom stereocenters. The first kappa shape index (κ1) is 17.0. The molecular weight excluding hydrogens is 357 g/mol. The van der Waals surface area contributed by atoms with E-state index in [1.807, 2.05) is 19.2 Å². The molecule has 0 aromatic carbocycles. The van der Waals surface area contributed by atoms with Gasteiger partial charge < -0.3 is 5.73 Å².